The first-order valence-electron chi connectivity index (χ1n) is 8.03. The molecule has 0 spiro atoms. The van der Waals surface area contributed by atoms with Crippen LogP contribution in [-0.2, 0) is 0 Å². The fourth-order valence-electron chi connectivity index (χ4n) is 2.27. The second kappa shape index (κ2) is 9.02. The van der Waals surface area contributed by atoms with E-state index in [-0.39, 0.29) is 6.10 Å². The zero-order chi connectivity index (χ0) is 15.0. The molecule has 0 fully saturated rings. The fourth-order valence-corrected chi connectivity index (χ4v) is 2.27. The first kappa shape index (κ1) is 17.0. The van der Waals surface area contributed by atoms with Crippen LogP contribution >= 0.6 is 0 Å². The summed E-state index contributed by atoms with van der Waals surface area (Å²) in [6.45, 7) is 12.1. The zero-order valence-corrected chi connectivity index (χ0v) is 13.8. The first-order chi connectivity index (χ1) is 9.54. The van der Waals surface area contributed by atoms with E-state index in [1.54, 1.807) is 0 Å². The summed E-state index contributed by atoms with van der Waals surface area (Å²) in [6.07, 6.45) is 3.67. The summed E-state index contributed by atoms with van der Waals surface area (Å²) in [6, 6.07) is 9.03. The predicted molar refractivity (Wildman–Crippen MR) is 87.6 cm³/mol. The van der Waals surface area contributed by atoms with Gasteiger partial charge in [0.1, 0.15) is 5.75 Å². The van der Waals surface area contributed by atoms with Crippen molar-refractivity contribution in [2.24, 2.45) is 0 Å². The monoisotopic (exact) mass is 277 g/mol. The smallest absolute Gasteiger partial charge is 0.123 e. The predicted octanol–water partition coefficient (Wildman–Crippen LogP) is 4.75. The van der Waals surface area contributed by atoms with Crippen LogP contribution in [0.2, 0.25) is 0 Å². The highest BCUT2D eigenvalue weighted by Crippen LogP contribution is 2.29. The first-order valence-corrected chi connectivity index (χ1v) is 8.03. The van der Waals surface area contributed by atoms with Gasteiger partial charge in [-0.15, -0.1) is 0 Å². The fraction of sp³-hybridized carbons (Fsp3) is 0.667. The summed E-state index contributed by atoms with van der Waals surface area (Å²) in [5, 5.41) is 3.45. The van der Waals surface area contributed by atoms with Gasteiger partial charge in [-0.1, -0.05) is 45.9 Å². The lowest BCUT2D eigenvalue weighted by atomic mass is 9.98. The van der Waals surface area contributed by atoms with E-state index in [1.807, 2.05) is 0 Å². The van der Waals surface area contributed by atoms with E-state index < -0.39 is 0 Å². The summed E-state index contributed by atoms with van der Waals surface area (Å²) >= 11 is 0. The summed E-state index contributed by atoms with van der Waals surface area (Å²) in [5.74, 6) is 1.62. The van der Waals surface area contributed by atoms with Crippen molar-refractivity contribution in [1.29, 1.82) is 0 Å². The number of nitrogens with one attached hydrogen (secondary N) is 1. The van der Waals surface area contributed by atoms with Gasteiger partial charge < -0.3 is 10.1 Å². The highest BCUT2D eigenvalue weighted by Gasteiger charge is 2.12. The molecule has 0 saturated carbocycles. The molecule has 0 aliphatic carbocycles. The van der Waals surface area contributed by atoms with E-state index in [4.69, 9.17) is 4.74 Å². The van der Waals surface area contributed by atoms with Gasteiger partial charge in [0, 0.05) is 6.04 Å². The van der Waals surface area contributed by atoms with Gasteiger partial charge in [-0.3, -0.25) is 0 Å². The van der Waals surface area contributed by atoms with Gasteiger partial charge in [-0.2, -0.15) is 0 Å². The Morgan fingerprint density at radius 2 is 1.80 bits per heavy atom. The van der Waals surface area contributed by atoms with Gasteiger partial charge in [-0.05, 0) is 50.3 Å². The third kappa shape index (κ3) is 5.96. The van der Waals surface area contributed by atoms with Crippen LogP contribution < -0.4 is 10.1 Å². The second-order valence-corrected chi connectivity index (χ2v) is 6.03. The Hall–Kier alpha value is -1.02. The van der Waals surface area contributed by atoms with Crippen molar-refractivity contribution in [1.82, 2.24) is 5.32 Å². The average molecular weight is 277 g/mol. The summed E-state index contributed by atoms with van der Waals surface area (Å²) < 4.78 is 6.15. The van der Waals surface area contributed by atoms with Crippen molar-refractivity contribution in [2.75, 3.05) is 6.54 Å². The maximum Gasteiger partial charge on any atom is 0.123 e. The van der Waals surface area contributed by atoms with Gasteiger partial charge in [0.2, 0.25) is 0 Å². The maximum atomic E-state index is 6.15. The molecule has 20 heavy (non-hydrogen) atoms. The Balaban J connectivity index is 2.47. The van der Waals surface area contributed by atoms with Gasteiger partial charge in [-0.25, -0.2) is 0 Å². The molecule has 0 radical (unpaired) electrons. The molecule has 2 heteroatoms. The maximum absolute atomic E-state index is 6.15. The highest BCUT2D eigenvalue weighted by atomic mass is 16.5. The van der Waals surface area contributed by atoms with Crippen molar-refractivity contribution in [3.05, 3.63) is 29.8 Å². The molecule has 2 unspecified atom stereocenters. The normalized spacial score (nSPS) is 14.3. The molecule has 1 N–H and O–H groups in total. The third-order valence-corrected chi connectivity index (χ3v) is 3.73. The molecular weight excluding hydrogens is 246 g/mol. The Morgan fingerprint density at radius 3 is 2.45 bits per heavy atom. The summed E-state index contributed by atoms with van der Waals surface area (Å²) in [4.78, 5) is 0. The molecule has 0 bridgehead atoms. The minimum atomic E-state index is 0.272. The zero-order valence-electron chi connectivity index (χ0n) is 13.8. The van der Waals surface area contributed by atoms with Crippen molar-refractivity contribution in [2.45, 2.75) is 71.9 Å². The number of rotatable bonds is 9. The van der Waals surface area contributed by atoms with Crippen molar-refractivity contribution in [3.8, 4) is 5.75 Å². The lowest BCUT2D eigenvalue weighted by Crippen LogP contribution is -2.25. The van der Waals surface area contributed by atoms with Crippen LogP contribution in [0.15, 0.2) is 24.3 Å². The van der Waals surface area contributed by atoms with Crippen LogP contribution in [0.25, 0.3) is 0 Å². The van der Waals surface area contributed by atoms with Crippen LogP contribution in [0.1, 0.15) is 65.4 Å². The standard InChI is InChI=1S/C18H31NO/c1-6-15(4)17-11-7-8-12-18(17)20-16(5)10-9-13-19-14(2)3/h7-8,11-12,14-16,19H,6,9-10,13H2,1-5H3. The van der Waals surface area contributed by atoms with Crippen molar-refractivity contribution >= 4 is 0 Å². The Kier molecular flexibility index (Phi) is 7.68. The van der Waals surface area contributed by atoms with Crippen LogP contribution in [0.4, 0.5) is 0 Å². The van der Waals surface area contributed by atoms with Gasteiger partial charge in [0.15, 0.2) is 0 Å². The topological polar surface area (TPSA) is 21.3 Å². The highest BCUT2D eigenvalue weighted by molar-refractivity contribution is 5.36. The number of ether oxygens (including phenoxy) is 1. The molecule has 0 heterocycles. The minimum Gasteiger partial charge on any atom is -0.490 e. The van der Waals surface area contributed by atoms with E-state index >= 15 is 0 Å². The molecule has 2 nitrogen and oxygen atoms in total. The third-order valence-electron chi connectivity index (χ3n) is 3.73. The van der Waals surface area contributed by atoms with Crippen LogP contribution in [0.3, 0.4) is 0 Å². The van der Waals surface area contributed by atoms with E-state index in [0.29, 0.717) is 12.0 Å². The quantitative estimate of drug-likeness (QED) is 0.658. The van der Waals surface area contributed by atoms with Crippen LogP contribution in [0.5, 0.6) is 5.75 Å². The summed E-state index contributed by atoms with van der Waals surface area (Å²) in [5.41, 5.74) is 1.34. The lowest BCUT2D eigenvalue weighted by Gasteiger charge is -2.20. The van der Waals surface area contributed by atoms with Gasteiger partial charge in [0.25, 0.3) is 0 Å². The molecule has 0 aliphatic heterocycles. The Bertz CT molecular complexity index is 375. The van der Waals surface area contributed by atoms with E-state index in [0.717, 1.165) is 31.6 Å². The molecule has 114 valence electrons. The van der Waals surface area contributed by atoms with Crippen molar-refractivity contribution in [3.63, 3.8) is 0 Å². The SMILES string of the molecule is CCC(C)c1ccccc1OC(C)CCCNC(C)C. The largest absolute Gasteiger partial charge is 0.490 e. The number of hydrogen-bond acceptors (Lipinski definition) is 2. The van der Waals surface area contributed by atoms with E-state index in [9.17, 15) is 0 Å². The van der Waals surface area contributed by atoms with Crippen molar-refractivity contribution < 1.29 is 4.74 Å². The van der Waals surface area contributed by atoms with E-state index in [1.165, 1.54) is 5.56 Å². The number of para-hydroxylation sites is 1. The Morgan fingerprint density at radius 1 is 1.10 bits per heavy atom. The second-order valence-electron chi connectivity index (χ2n) is 6.03. The average Bonchev–Trinajstić information content (AvgIpc) is 2.43. The number of benzene rings is 1. The van der Waals surface area contributed by atoms with E-state index in [2.05, 4.69) is 64.2 Å². The molecule has 0 amide bonds. The van der Waals surface area contributed by atoms with Crippen LogP contribution in [0, 0.1) is 0 Å². The molecule has 1 aromatic rings. The number of hydrogen-bond donors (Lipinski definition) is 1. The lowest BCUT2D eigenvalue weighted by molar-refractivity contribution is 0.204. The van der Waals surface area contributed by atoms with Gasteiger partial charge in [0.05, 0.1) is 6.10 Å². The Labute approximate surface area is 124 Å². The molecule has 1 rings (SSSR count). The van der Waals surface area contributed by atoms with Crippen LogP contribution in [-0.4, -0.2) is 18.7 Å². The minimum absolute atomic E-state index is 0.272. The molecule has 0 aromatic heterocycles. The molecule has 1 aromatic carbocycles. The summed E-state index contributed by atoms with van der Waals surface area (Å²) in [7, 11) is 0. The molecule has 2 atom stereocenters. The van der Waals surface area contributed by atoms with Gasteiger partial charge >= 0.3 is 0 Å². The molecule has 0 saturated heterocycles. The molecule has 0 aliphatic rings. The molecular formula is C18H31NO.